The van der Waals surface area contributed by atoms with E-state index in [9.17, 15) is 0 Å². The summed E-state index contributed by atoms with van der Waals surface area (Å²) in [6.07, 6.45) is 9.97. The van der Waals surface area contributed by atoms with E-state index in [4.69, 9.17) is 4.42 Å². The van der Waals surface area contributed by atoms with Crippen LogP contribution in [0.25, 0.3) is 11.0 Å². The zero-order valence-corrected chi connectivity index (χ0v) is 7.81. The SMILES string of the molecule is C=CC=CCc1nccc2occc12. The fourth-order valence-electron chi connectivity index (χ4n) is 1.39. The van der Waals surface area contributed by atoms with Gasteiger partial charge in [0.25, 0.3) is 0 Å². The standard InChI is InChI=1S/C12H11NO/c1-2-3-4-5-11-10-7-9-14-12(10)6-8-13-11/h2-4,6-9H,1,5H2. The number of nitrogens with zero attached hydrogens (tertiary/aromatic N) is 1. The number of pyridine rings is 1. The molecule has 0 aliphatic rings. The van der Waals surface area contributed by atoms with Gasteiger partial charge in [-0.2, -0.15) is 0 Å². The van der Waals surface area contributed by atoms with E-state index in [1.54, 1.807) is 18.5 Å². The van der Waals surface area contributed by atoms with Crippen molar-refractivity contribution in [3.8, 4) is 0 Å². The van der Waals surface area contributed by atoms with Gasteiger partial charge in [0, 0.05) is 18.0 Å². The molecule has 0 fully saturated rings. The van der Waals surface area contributed by atoms with Gasteiger partial charge in [0.1, 0.15) is 5.58 Å². The van der Waals surface area contributed by atoms with Crippen LogP contribution in [-0.2, 0) is 6.42 Å². The van der Waals surface area contributed by atoms with E-state index in [0.717, 1.165) is 23.1 Å². The smallest absolute Gasteiger partial charge is 0.137 e. The van der Waals surface area contributed by atoms with Gasteiger partial charge in [0.2, 0.25) is 0 Å². The van der Waals surface area contributed by atoms with Crippen molar-refractivity contribution in [2.24, 2.45) is 0 Å². The summed E-state index contributed by atoms with van der Waals surface area (Å²) >= 11 is 0. The first-order chi connectivity index (χ1) is 6.92. The molecular formula is C12H11NO. The number of rotatable bonds is 3. The molecule has 2 heterocycles. The van der Waals surface area contributed by atoms with Crippen molar-refractivity contribution < 1.29 is 4.42 Å². The summed E-state index contributed by atoms with van der Waals surface area (Å²) in [4.78, 5) is 4.31. The number of aromatic nitrogens is 1. The van der Waals surface area contributed by atoms with Gasteiger partial charge in [0.05, 0.1) is 12.0 Å². The fourth-order valence-corrected chi connectivity index (χ4v) is 1.39. The molecular weight excluding hydrogens is 174 g/mol. The zero-order valence-electron chi connectivity index (χ0n) is 7.81. The highest BCUT2D eigenvalue weighted by Crippen LogP contribution is 2.18. The Balaban J connectivity index is 2.36. The van der Waals surface area contributed by atoms with Crippen LogP contribution in [0.2, 0.25) is 0 Å². The normalized spacial score (nSPS) is 11.1. The Morgan fingerprint density at radius 1 is 1.43 bits per heavy atom. The molecule has 0 unspecified atom stereocenters. The lowest BCUT2D eigenvalue weighted by atomic mass is 10.2. The quantitative estimate of drug-likeness (QED) is 0.687. The van der Waals surface area contributed by atoms with Crippen LogP contribution in [-0.4, -0.2) is 4.98 Å². The molecule has 2 aromatic heterocycles. The number of hydrogen-bond acceptors (Lipinski definition) is 2. The minimum atomic E-state index is 0.808. The molecule has 2 nitrogen and oxygen atoms in total. The zero-order chi connectivity index (χ0) is 9.80. The van der Waals surface area contributed by atoms with Gasteiger partial charge < -0.3 is 4.42 Å². The van der Waals surface area contributed by atoms with Crippen LogP contribution >= 0.6 is 0 Å². The minimum absolute atomic E-state index is 0.808. The summed E-state index contributed by atoms with van der Waals surface area (Å²) < 4.78 is 5.28. The second kappa shape index (κ2) is 3.92. The molecule has 0 saturated carbocycles. The van der Waals surface area contributed by atoms with Gasteiger partial charge >= 0.3 is 0 Å². The Hall–Kier alpha value is -1.83. The number of hydrogen-bond donors (Lipinski definition) is 0. The van der Waals surface area contributed by atoms with Gasteiger partial charge in [-0.1, -0.05) is 24.8 Å². The van der Waals surface area contributed by atoms with Crippen molar-refractivity contribution in [1.82, 2.24) is 4.98 Å². The summed E-state index contributed by atoms with van der Waals surface area (Å²) in [5, 5.41) is 1.08. The van der Waals surface area contributed by atoms with Gasteiger partial charge in [-0.05, 0) is 12.1 Å². The molecule has 0 aromatic carbocycles. The van der Waals surface area contributed by atoms with Crippen molar-refractivity contribution in [3.63, 3.8) is 0 Å². The molecule has 0 spiro atoms. The maximum Gasteiger partial charge on any atom is 0.137 e. The molecule has 0 amide bonds. The Morgan fingerprint density at radius 2 is 2.36 bits per heavy atom. The average Bonchev–Trinajstić information content (AvgIpc) is 2.67. The molecule has 0 aliphatic heterocycles. The van der Waals surface area contributed by atoms with Crippen LogP contribution in [0.1, 0.15) is 5.69 Å². The van der Waals surface area contributed by atoms with Gasteiger partial charge in [-0.15, -0.1) is 0 Å². The van der Waals surface area contributed by atoms with Gasteiger partial charge in [-0.3, -0.25) is 4.98 Å². The molecule has 2 rings (SSSR count). The van der Waals surface area contributed by atoms with E-state index >= 15 is 0 Å². The predicted octanol–water partition coefficient (Wildman–Crippen LogP) is 3.11. The van der Waals surface area contributed by atoms with E-state index in [-0.39, 0.29) is 0 Å². The highest BCUT2D eigenvalue weighted by molar-refractivity contribution is 5.79. The maximum atomic E-state index is 5.28. The van der Waals surface area contributed by atoms with E-state index < -0.39 is 0 Å². The van der Waals surface area contributed by atoms with E-state index in [1.807, 2.05) is 24.3 Å². The Kier molecular flexibility index (Phi) is 2.45. The molecule has 2 heteroatoms. The van der Waals surface area contributed by atoms with Crippen LogP contribution in [0.15, 0.2) is 53.8 Å². The second-order valence-electron chi connectivity index (χ2n) is 2.96. The number of allylic oxidation sites excluding steroid dienone is 3. The lowest BCUT2D eigenvalue weighted by Crippen LogP contribution is -1.86. The van der Waals surface area contributed by atoms with Crippen LogP contribution < -0.4 is 0 Å². The van der Waals surface area contributed by atoms with Crippen molar-refractivity contribution in [2.45, 2.75) is 6.42 Å². The second-order valence-corrected chi connectivity index (χ2v) is 2.96. The van der Waals surface area contributed by atoms with E-state index in [0.29, 0.717) is 0 Å². The molecule has 0 atom stereocenters. The third-order valence-electron chi connectivity index (χ3n) is 2.05. The van der Waals surface area contributed by atoms with Crippen molar-refractivity contribution in [3.05, 3.63) is 55.1 Å². The van der Waals surface area contributed by atoms with Gasteiger partial charge in [0.15, 0.2) is 0 Å². The molecule has 0 bridgehead atoms. The third kappa shape index (κ3) is 1.59. The van der Waals surface area contributed by atoms with Gasteiger partial charge in [-0.25, -0.2) is 0 Å². The predicted molar refractivity (Wildman–Crippen MR) is 57.1 cm³/mol. The average molecular weight is 185 g/mol. The van der Waals surface area contributed by atoms with Crippen molar-refractivity contribution in [2.75, 3.05) is 0 Å². The summed E-state index contributed by atoms with van der Waals surface area (Å²) in [5.41, 5.74) is 1.93. The maximum absolute atomic E-state index is 5.28. The minimum Gasteiger partial charge on any atom is -0.464 e. The fraction of sp³-hybridized carbons (Fsp3) is 0.0833. The highest BCUT2D eigenvalue weighted by Gasteiger charge is 2.01. The molecule has 0 saturated heterocycles. The summed E-state index contributed by atoms with van der Waals surface area (Å²) in [6, 6.07) is 3.81. The van der Waals surface area contributed by atoms with E-state index in [1.165, 1.54) is 0 Å². The van der Waals surface area contributed by atoms with Crippen LogP contribution in [0.5, 0.6) is 0 Å². The molecule has 0 aliphatic carbocycles. The Bertz CT molecular complexity index is 468. The molecule has 2 aromatic rings. The monoisotopic (exact) mass is 185 g/mol. The number of fused-ring (bicyclic) bond motifs is 1. The van der Waals surface area contributed by atoms with E-state index in [2.05, 4.69) is 11.6 Å². The van der Waals surface area contributed by atoms with Crippen LogP contribution in [0, 0.1) is 0 Å². The Labute approximate surface area is 82.6 Å². The summed E-state index contributed by atoms with van der Waals surface area (Å²) in [5.74, 6) is 0. The molecule has 70 valence electrons. The Morgan fingerprint density at radius 3 is 3.21 bits per heavy atom. The first-order valence-electron chi connectivity index (χ1n) is 4.50. The van der Waals surface area contributed by atoms with Crippen LogP contribution in [0.4, 0.5) is 0 Å². The molecule has 14 heavy (non-hydrogen) atoms. The largest absolute Gasteiger partial charge is 0.464 e. The highest BCUT2D eigenvalue weighted by atomic mass is 16.3. The lowest BCUT2D eigenvalue weighted by Gasteiger charge is -1.96. The molecule has 0 radical (unpaired) electrons. The third-order valence-corrected chi connectivity index (χ3v) is 2.05. The summed E-state index contributed by atoms with van der Waals surface area (Å²) in [7, 11) is 0. The molecule has 0 N–H and O–H groups in total. The lowest BCUT2D eigenvalue weighted by molar-refractivity contribution is 0.615. The first-order valence-corrected chi connectivity index (χ1v) is 4.50. The number of furan rings is 1. The topological polar surface area (TPSA) is 26.0 Å². The first kappa shape index (κ1) is 8.75. The van der Waals surface area contributed by atoms with Crippen LogP contribution in [0.3, 0.4) is 0 Å². The van der Waals surface area contributed by atoms with Crippen molar-refractivity contribution >= 4 is 11.0 Å². The summed E-state index contributed by atoms with van der Waals surface area (Å²) in [6.45, 7) is 3.62. The van der Waals surface area contributed by atoms with Crippen molar-refractivity contribution in [1.29, 1.82) is 0 Å².